The van der Waals surface area contributed by atoms with Gasteiger partial charge in [-0.2, -0.15) is 4.98 Å². The summed E-state index contributed by atoms with van der Waals surface area (Å²) in [7, 11) is 1.92. The molecule has 1 heterocycles. The number of likely N-dealkylation sites (N-methyl/N-ethyl adjacent to an activating group) is 1. The number of aromatic nitrogens is 2. The van der Waals surface area contributed by atoms with Gasteiger partial charge in [0.05, 0.1) is 0 Å². The first-order chi connectivity index (χ1) is 8.60. The highest BCUT2D eigenvalue weighted by molar-refractivity contribution is 9.10. The summed E-state index contributed by atoms with van der Waals surface area (Å²) in [5.74, 6) is 1.30. The average Bonchev–Trinajstić information content (AvgIpc) is 2.80. The molecule has 96 valence electrons. The van der Waals surface area contributed by atoms with E-state index in [4.69, 9.17) is 4.52 Å². The Labute approximate surface area is 115 Å². The summed E-state index contributed by atoms with van der Waals surface area (Å²) in [4.78, 5) is 4.43. The van der Waals surface area contributed by atoms with Crippen LogP contribution in [0, 0.1) is 6.92 Å². The van der Waals surface area contributed by atoms with E-state index in [-0.39, 0.29) is 0 Å². The Kier molecular flexibility index (Phi) is 4.14. The highest BCUT2D eigenvalue weighted by atomic mass is 79.9. The SMILES string of the molecule is CNC(C)Cc1noc(-c2cc(Br)ccc2C)n1. The highest BCUT2D eigenvalue weighted by Crippen LogP contribution is 2.25. The molecular weight excluding hydrogens is 294 g/mol. The van der Waals surface area contributed by atoms with Crippen LogP contribution in [-0.2, 0) is 6.42 Å². The summed E-state index contributed by atoms with van der Waals surface area (Å²) >= 11 is 3.45. The number of nitrogens with zero attached hydrogens (tertiary/aromatic N) is 2. The van der Waals surface area contributed by atoms with Gasteiger partial charge >= 0.3 is 0 Å². The van der Waals surface area contributed by atoms with Gasteiger partial charge in [-0.3, -0.25) is 0 Å². The van der Waals surface area contributed by atoms with Crippen LogP contribution in [0.3, 0.4) is 0 Å². The van der Waals surface area contributed by atoms with Crippen LogP contribution in [0.15, 0.2) is 27.2 Å². The maximum Gasteiger partial charge on any atom is 0.258 e. The largest absolute Gasteiger partial charge is 0.334 e. The van der Waals surface area contributed by atoms with Crippen molar-refractivity contribution in [3.05, 3.63) is 34.1 Å². The molecule has 0 saturated heterocycles. The van der Waals surface area contributed by atoms with Crippen molar-refractivity contribution < 1.29 is 4.52 Å². The number of halogens is 1. The summed E-state index contributed by atoms with van der Waals surface area (Å²) in [6.07, 6.45) is 0.757. The first-order valence-electron chi connectivity index (χ1n) is 5.86. The third kappa shape index (κ3) is 2.97. The van der Waals surface area contributed by atoms with Crippen molar-refractivity contribution in [1.82, 2.24) is 15.5 Å². The molecule has 0 amide bonds. The molecule has 1 unspecified atom stereocenters. The second-order valence-corrected chi connectivity index (χ2v) is 5.28. The van der Waals surface area contributed by atoms with Crippen LogP contribution in [0.1, 0.15) is 18.3 Å². The van der Waals surface area contributed by atoms with Crippen LogP contribution in [0.4, 0.5) is 0 Å². The van der Waals surface area contributed by atoms with Crippen molar-refractivity contribution in [2.45, 2.75) is 26.3 Å². The summed E-state index contributed by atoms with van der Waals surface area (Å²) in [6.45, 7) is 4.11. The predicted molar refractivity (Wildman–Crippen MR) is 74.4 cm³/mol. The Morgan fingerprint density at radius 1 is 1.44 bits per heavy atom. The summed E-state index contributed by atoms with van der Waals surface area (Å²) in [5, 5.41) is 7.16. The molecule has 0 saturated carbocycles. The van der Waals surface area contributed by atoms with Crippen molar-refractivity contribution in [3.63, 3.8) is 0 Å². The lowest BCUT2D eigenvalue weighted by atomic mass is 10.1. The van der Waals surface area contributed by atoms with Gasteiger partial charge in [0.2, 0.25) is 0 Å². The third-order valence-corrected chi connectivity index (χ3v) is 3.37. The van der Waals surface area contributed by atoms with Gasteiger partial charge < -0.3 is 9.84 Å². The van der Waals surface area contributed by atoms with Gasteiger partial charge in [0, 0.05) is 22.5 Å². The quantitative estimate of drug-likeness (QED) is 0.943. The zero-order valence-corrected chi connectivity index (χ0v) is 12.3. The zero-order valence-electron chi connectivity index (χ0n) is 10.7. The molecule has 0 aliphatic rings. The monoisotopic (exact) mass is 309 g/mol. The van der Waals surface area contributed by atoms with Crippen molar-refractivity contribution in [1.29, 1.82) is 0 Å². The van der Waals surface area contributed by atoms with Gasteiger partial charge in [0.1, 0.15) is 0 Å². The summed E-state index contributed by atoms with van der Waals surface area (Å²) < 4.78 is 6.33. The molecule has 1 N–H and O–H groups in total. The van der Waals surface area contributed by atoms with Gasteiger partial charge in [0.25, 0.3) is 5.89 Å². The van der Waals surface area contributed by atoms with Crippen molar-refractivity contribution in [2.75, 3.05) is 7.05 Å². The molecule has 1 atom stereocenters. The van der Waals surface area contributed by atoms with Crippen LogP contribution < -0.4 is 5.32 Å². The Bertz CT molecular complexity index is 539. The van der Waals surface area contributed by atoms with Gasteiger partial charge in [-0.25, -0.2) is 0 Å². The van der Waals surface area contributed by atoms with E-state index >= 15 is 0 Å². The molecule has 0 radical (unpaired) electrons. The van der Waals surface area contributed by atoms with Crippen LogP contribution in [0.2, 0.25) is 0 Å². The summed E-state index contributed by atoms with van der Waals surface area (Å²) in [6, 6.07) is 6.35. The van der Waals surface area contributed by atoms with Crippen LogP contribution >= 0.6 is 15.9 Å². The van der Waals surface area contributed by atoms with Gasteiger partial charge in [0.15, 0.2) is 5.82 Å². The molecule has 2 rings (SSSR count). The fourth-order valence-electron chi connectivity index (χ4n) is 1.65. The molecule has 0 spiro atoms. The van der Waals surface area contributed by atoms with Crippen LogP contribution in [-0.4, -0.2) is 23.2 Å². The topological polar surface area (TPSA) is 51.0 Å². The van der Waals surface area contributed by atoms with E-state index < -0.39 is 0 Å². The van der Waals surface area contributed by atoms with E-state index in [9.17, 15) is 0 Å². The summed E-state index contributed by atoms with van der Waals surface area (Å²) in [5.41, 5.74) is 2.09. The van der Waals surface area contributed by atoms with Gasteiger partial charge in [-0.05, 0) is 38.6 Å². The van der Waals surface area contributed by atoms with E-state index in [0.717, 1.165) is 27.8 Å². The molecule has 18 heavy (non-hydrogen) atoms. The Morgan fingerprint density at radius 3 is 2.94 bits per heavy atom. The fourth-order valence-corrected chi connectivity index (χ4v) is 2.01. The van der Waals surface area contributed by atoms with Crippen LogP contribution in [0.25, 0.3) is 11.5 Å². The van der Waals surface area contributed by atoms with E-state index in [1.807, 2.05) is 32.2 Å². The number of aryl methyl sites for hydroxylation is 1. The average molecular weight is 310 g/mol. The number of hydrogen-bond donors (Lipinski definition) is 1. The molecule has 5 heteroatoms. The molecule has 0 fully saturated rings. The number of benzene rings is 1. The van der Waals surface area contributed by atoms with Crippen molar-refractivity contribution in [3.8, 4) is 11.5 Å². The van der Waals surface area contributed by atoms with E-state index in [1.54, 1.807) is 0 Å². The van der Waals surface area contributed by atoms with Crippen molar-refractivity contribution in [2.24, 2.45) is 0 Å². The minimum atomic E-state index is 0.332. The smallest absolute Gasteiger partial charge is 0.258 e. The molecule has 1 aromatic carbocycles. The second kappa shape index (κ2) is 5.63. The Balaban J connectivity index is 2.26. The molecule has 1 aromatic heterocycles. The normalized spacial score (nSPS) is 12.7. The van der Waals surface area contributed by atoms with Crippen LogP contribution in [0.5, 0.6) is 0 Å². The number of nitrogens with one attached hydrogen (secondary N) is 1. The fraction of sp³-hybridized carbons (Fsp3) is 0.385. The molecule has 0 aliphatic carbocycles. The Morgan fingerprint density at radius 2 is 2.22 bits per heavy atom. The molecule has 4 nitrogen and oxygen atoms in total. The lowest BCUT2D eigenvalue weighted by Gasteiger charge is -2.04. The van der Waals surface area contributed by atoms with Crippen molar-refractivity contribution >= 4 is 15.9 Å². The minimum absolute atomic E-state index is 0.332. The molecular formula is C13H16BrN3O. The highest BCUT2D eigenvalue weighted by Gasteiger charge is 2.13. The maximum atomic E-state index is 5.32. The standard InChI is InChI=1S/C13H16BrN3O/c1-8-4-5-10(14)7-11(8)13-16-12(17-18-13)6-9(2)15-3/h4-5,7,9,15H,6H2,1-3H3. The minimum Gasteiger partial charge on any atom is -0.334 e. The first kappa shape index (κ1) is 13.2. The zero-order chi connectivity index (χ0) is 13.1. The molecule has 2 aromatic rings. The number of hydrogen-bond acceptors (Lipinski definition) is 4. The lowest BCUT2D eigenvalue weighted by molar-refractivity contribution is 0.418. The molecule has 0 bridgehead atoms. The predicted octanol–water partition coefficient (Wildman–Crippen LogP) is 2.96. The number of rotatable bonds is 4. The maximum absolute atomic E-state index is 5.32. The third-order valence-electron chi connectivity index (χ3n) is 2.88. The second-order valence-electron chi connectivity index (χ2n) is 4.37. The van der Waals surface area contributed by atoms with E-state index in [0.29, 0.717) is 11.9 Å². The van der Waals surface area contributed by atoms with Gasteiger partial charge in [-0.1, -0.05) is 27.2 Å². The first-order valence-corrected chi connectivity index (χ1v) is 6.66. The lowest BCUT2D eigenvalue weighted by Crippen LogP contribution is -2.24. The van der Waals surface area contributed by atoms with E-state index in [2.05, 4.69) is 38.3 Å². The van der Waals surface area contributed by atoms with E-state index in [1.165, 1.54) is 0 Å². The molecule has 0 aliphatic heterocycles. The van der Waals surface area contributed by atoms with Gasteiger partial charge in [-0.15, -0.1) is 0 Å². The Hall–Kier alpha value is -1.20.